The third kappa shape index (κ3) is 3.64. The van der Waals surface area contributed by atoms with Crippen molar-refractivity contribution in [1.82, 2.24) is 5.32 Å². The molecule has 16 heavy (non-hydrogen) atoms. The molecule has 0 bridgehead atoms. The fourth-order valence-electron chi connectivity index (χ4n) is 2.27. The van der Waals surface area contributed by atoms with Gasteiger partial charge in [-0.2, -0.15) is 0 Å². The van der Waals surface area contributed by atoms with Crippen molar-refractivity contribution in [3.05, 3.63) is 35.4 Å². The van der Waals surface area contributed by atoms with Gasteiger partial charge in [0.05, 0.1) is 0 Å². The van der Waals surface area contributed by atoms with Crippen LogP contribution in [0, 0.1) is 6.92 Å². The Balaban J connectivity index is 2.64. The average molecular weight is 219 g/mol. The first-order valence-electron chi connectivity index (χ1n) is 6.50. The third-order valence-corrected chi connectivity index (χ3v) is 3.27. The lowest BCUT2D eigenvalue weighted by Gasteiger charge is -2.23. The van der Waals surface area contributed by atoms with E-state index >= 15 is 0 Å². The Hall–Kier alpha value is -0.820. The molecule has 0 fully saturated rings. The van der Waals surface area contributed by atoms with E-state index in [2.05, 4.69) is 57.3 Å². The van der Waals surface area contributed by atoms with Gasteiger partial charge in [-0.05, 0) is 37.8 Å². The van der Waals surface area contributed by atoms with Gasteiger partial charge in [0, 0.05) is 12.1 Å². The quantitative estimate of drug-likeness (QED) is 0.755. The van der Waals surface area contributed by atoms with E-state index < -0.39 is 0 Å². The maximum Gasteiger partial charge on any atom is 0.0296 e. The highest BCUT2D eigenvalue weighted by molar-refractivity contribution is 5.28. The van der Waals surface area contributed by atoms with Crippen LogP contribution in [0.3, 0.4) is 0 Å². The molecule has 1 aromatic carbocycles. The highest BCUT2D eigenvalue weighted by atomic mass is 14.9. The van der Waals surface area contributed by atoms with Crippen molar-refractivity contribution in [3.63, 3.8) is 0 Å². The summed E-state index contributed by atoms with van der Waals surface area (Å²) in [5, 5.41) is 3.72. The van der Waals surface area contributed by atoms with Crippen LogP contribution in [-0.4, -0.2) is 6.04 Å². The SMILES string of the molecule is CCCC(CC)NC(C)c1ccccc1C. The Morgan fingerprint density at radius 2 is 1.88 bits per heavy atom. The summed E-state index contributed by atoms with van der Waals surface area (Å²) in [6, 6.07) is 9.76. The molecule has 0 aliphatic heterocycles. The van der Waals surface area contributed by atoms with E-state index in [4.69, 9.17) is 0 Å². The van der Waals surface area contributed by atoms with Crippen LogP contribution in [0.4, 0.5) is 0 Å². The lowest BCUT2D eigenvalue weighted by molar-refractivity contribution is 0.416. The summed E-state index contributed by atoms with van der Waals surface area (Å²) in [5.74, 6) is 0. The van der Waals surface area contributed by atoms with Crippen molar-refractivity contribution in [2.75, 3.05) is 0 Å². The minimum atomic E-state index is 0.456. The van der Waals surface area contributed by atoms with Crippen molar-refractivity contribution in [3.8, 4) is 0 Å². The molecule has 0 saturated heterocycles. The van der Waals surface area contributed by atoms with Gasteiger partial charge in [-0.3, -0.25) is 0 Å². The first-order valence-corrected chi connectivity index (χ1v) is 6.50. The van der Waals surface area contributed by atoms with Crippen LogP contribution < -0.4 is 5.32 Å². The van der Waals surface area contributed by atoms with Gasteiger partial charge in [-0.1, -0.05) is 44.5 Å². The summed E-state index contributed by atoms with van der Waals surface area (Å²) >= 11 is 0. The van der Waals surface area contributed by atoms with E-state index in [9.17, 15) is 0 Å². The molecule has 0 aromatic heterocycles. The molecule has 90 valence electrons. The smallest absolute Gasteiger partial charge is 0.0296 e. The topological polar surface area (TPSA) is 12.0 Å². The van der Waals surface area contributed by atoms with Crippen LogP contribution in [-0.2, 0) is 0 Å². The summed E-state index contributed by atoms with van der Waals surface area (Å²) in [4.78, 5) is 0. The average Bonchev–Trinajstić information content (AvgIpc) is 2.28. The molecule has 0 radical (unpaired) electrons. The Morgan fingerprint density at radius 3 is 2.44 bits per heavy atom. The van der Waals surface area contributed by atoms with Gasteiger partial charge >= 0.3 is 0 Å². The summed E-state index contributed by atoms with van der Waals surface area (Å²) < 4.78 is 0. The third-order valence-electron chi connectivity index (χ3n) is 3.27. The monoisotopic (exact) mass is 219 g/mol. The first-order chi connectivity index (χ1) is 7.69. The lowest BCUT2D eigenvalue weighted by atomic mass is 10.0. The van der Waals surface area contributed by atoms with Crippen molar-refractivity contribution < 1.29 is 0 Å². The molecule has 1 nitrogen and oxygen atoms in total. The molecule has 2 atom stereocenters. The second-order valence-electron chi connectivity index (χ2n) is 4.64. The van der Waals surface area contributed by atoms with Crippen molar-refractivity contribution in [2.45, 2.75) is 59.0 Å². The van der Waals surface area contributed by atoms with Crippen LogP contribution in [0.2, 0.25) is 0 Å². The van der Waals surface area contributed by atoms with Crippen molar-refractivity contribution in [1.29, 1.82) is 0 Å². The van der Waals surface area contributed by atoms with Gasteiger partial charge in [-0.15, -0.1) is 0 Å². The van der Waals surface area contributed by atoms with E-state index in [1.165, 1.54) is 30.4 Å². The number of hydrogen-bond donors (Lipinski definition) is 1. The van der Waals surface area contributed by atoms with Gasteiger partial charge in [0.2, 0.25) is 0 Å². The molecule has 1 heteroatoms. The molecule has 0 aliphatic rings. The molecule has 0 saturated carbocycles. The largest absolute Gasteiger partial charge is 0.307 e. The standard InChI is InChI=1S/C15H25N/c1-5-9-14(6-2)16-13(4)15-11-8-7-10-12(15)3/h7-8,10-11,13-14,16H,5-6,9H2,1-4H3. The molecule has 0 spiro atoms. The normalized spacial score (nSPS) is 14.8. The highest BCUT2D eigenvalue weighted by Gasteiger charge is 2.12. The Morgan fingerprint density at radius 1 is 1.19 bits per heavy atom. The Kier molecular flexibility index (Phi) is 5.54. The fraction of sp³-hybridized carbons (Fsp3) is 0.600. The molecule has 0 aliphatic carbocycles. The minimum absolute atomic E-state index is 0.456. The molecule has 1 N–H and O–H groups in total. The lowest BCUT2D eigenvalue weighted by Crippen LogP contribution is -2.31. The zero-order valence-electron chi connectivity index (χ0n) is 11.1. The maximum atomic E-state index is 3.72. The fourth-order valence-corrected chi connectivity index (χ4v) is 2.27. The molecule has 2 unspecified atom stereocenters. The molecule has 0 amide bonds. The molecule has 1 aromatic rings. The highest BCUT2D eigenvalue weighted by Crippen LogP contribution is 2.18. The van der Waals surface area contributed by atoms with E-state index in [1.807, 2.05) is 0 Å². The van der Waals surface area contributed by atoms with Crippen LogP contribution in [0.15, 0.2) is 24.3 Å². The van der Waals surface area contributed by atoms with Gasteiger partial charge < -0.3 is 5.32 Å². The van der Waals surface area contributed by atoms with Crippen molar-refractivity contribution in [2.24, 2.45) is 0 Å². The second kappa shape index (κ2) is 6.70. The maximum absolute atomic E-state index is 3.72. The minimum Gasteiger partial charge on any atom is -0.307 e. The Labute approximate surface area is 100 Å². The molecular weight excluding hydrogens is 194 g/mol. The number of aryl methyl sites for hydroxylation is 1. The number of benzene rings is 1. The van der Waals surface area contributed by atoms with E-state index in [-0.39, 0.29) is 0 Å². The summed E-state index contributed by atoms with van der Waals surface area (Å²) in [6.07, 6.45) is 3.74. The Bertz CT molecular complexity index is 306. The molecular formula is C15H25N. The predicted molar refractivity (Wildman–Crippen MR) is 71.7 cm³/mol. The predicted octanol–water partition coefficient (Wildman–Crippen LogP) is 4.22. The van der Waals surface area contributed by atoms with Gasteiger partial charge in [0.25, 0.3) is 0 Å². The summed E-state index contributed by atoms with van der Waals surface area (Å²) in [7, 11) is 0. The van der Waals surface area contributed by atoms with Gasteiger partial charge in [-0.25, -0.2) is 0 Å². The summed E-state index contributed by atoms with van der Waals surface area (Å²) in [6.45, 7) is 8.97. The molecule has 0 heterocycles. The van der Waals surface area contributed by atoms with Gasteiger partial charge in [0.1, 0.15) is 0 Å². The van der Waals surface area contributed by atoms with Crippen molar-refractivity contribution >= 4 is 0 Å². The summed E-state index contributed by atoms with van der Waals surface area (Å²) in [5.41, 5.74) is 2.81. The van der Waals surface area contributed by atoms with E-state index in [0.29, 0.717) is 12.1 Å². The van der Waals surface area contributed by atoms with E-state index in [1.54, 1.807) is 0 Å². The zero-order valence-corrected chi connectivity index (χ0v) is 11.1. The number of hydrogen-bond acceptors (Lipinski definition) is 1. The van der Waals surface area contributed by atoms with Crippen LogP contribution in [0.1, 0.15) is 57.2 Å². The number of rotatable bonds is 6. The van der Waals surface area contributed by atoms with E-state index in [0.717, 1.165) is 0 Å². The van der Waals surface area contributed by atoms with Gasteiger partial charge in [0.15, 0.2) is 0 Å². The van der Waals surface area contributed by atoms with Crippen LogP contribution >= 0.6 is 0 Å². The van der Waals surface area contributed by atoms with Crippen LogP contribution in [0.5, 0.6) is 0 Å². The zero-order chi connectivity index (χ0) is 12.0. The number of nitrogens with one attached hydrogen (secondary N) is 1. The molecule has 1 rings (SSSR count). The first kappa shape index (κ1) is 13.2. The second-order valence-corrected chi connectivity index (χ2v) is 4.64. The van der Waals surface area contributed by atoms with Crippen LogP contribution in [0.25, 0.3) is 0 Å².